The Hall–Kier alpha value is -0.650. The molecule has 0 aromatic carbocycles. The lowest BCUT2D eigenvalue weighted by atomic mass is 10.5. The minimum atomic E-state index is -3.47. The van der Waals surface area contributed by atoms with Crippen molar-refractivity contribution < 1.29 is 8.42 Å². The van der Waals surface area contributed by atoms with E-state index in [0.29, 0.717) is 0 Å². The number of sulfonamides is 1. The second-order valence-corrected chi connectivity index (χ2v) is 4.34. The number of hydrogen-bond acceptors (Lipinski definition) is 3. The Morgan fingerprint density at radius 3 is 2.73 bits per heavy atom. The van der Waals surface area contributed by atoms with Crippen molar-refractivity contribution in [1.82, 2.24) is 0 Å². The topological polar surface area (TPSA) is 60.2 Å². The molecule has 0 aliphatic rings. The van der Waals surface area contributed by atoms with Gasteiger partial charge in [-0.2, -0.15) is 0 Å². The fourth-order valence-corrected chi connectivity index (χ4v) is 1.59. The van der Waals surface area contributed by atoms with Crippen LogP contribution in [0.15, 0.2) is 22.9 Å². The molecule has 0 radical (unpaired) electrons. The van der Waals surface area contributed by atoms with Crippen LogP contribution in [0.4, 0.5) is 0 Å². The molecule has 0 saturated heterocycles. The number of nitrogens with two attached hydrogens (primary N) is 1. The van der Waals surface area contributed by atoms with E-state index >= 15 is 0 Å². The van der Waals surface area contributed by atoms with Crippen LogP contribution in [0.5, 0.6) is 0 Å². The first-order valence-electron chi connectivity index (χ1n) is 2.82. The number of thiophene rings is 1. The molecule has 5 heteroatoms. The third-order valence-corrected chi connectivity index (χ3v) is 2.32. The molecule has 1 rings (SSSR count). The minimum Gasteiger partial charge on any atom is -0.225 e. The van der Waals surface area contributed by atoms with E-state index in [1.54, 1.807) is 0 Å². The van der Waals surface area contributed by atoms with Crippen LogP contribution in [0.25, 0.3) is 6.08 Å². The molecule has 0 aliphatic carbocycles. The number of primary sulfonamides is 1. The van der Waals surface area contributed by atoms with Gasteiger partial charge in [0.15, 0.2) is 0 Å². The van der Waals surface area contributed by atoms with Crippen molar-refractivity contribution in [2.45, 2.75) is 0 Å². The second kappa shape index (κ2) is 3.17. The van der Waals surface area contributed by atoms with Gasteiger partial charge in [-0.25, -0.2) is 13.6 Å². The van der Waals surface area contributed by atoms with Crippen LogP contribution in [0.2, 0.25) is 0 Å². The molecule has 0 spiro atoms. The van der Waals surface area contributed by atoms with E-state index in [4.69, 9.17) is 5.14 Å². The lowest BCUT2D eigenvalue weighted by Gasteiger charge is -1.83. The van der Waals surface area contributed by atoms with Gasteiger partial charge in [-0.05, 0) is 17.5 Å². The smallest absolute Gasteiger partial charge is 0.225 e. The average Bonchev–Trinajstić information content (AvgIpc) is 2.32. The molecule has 3 nitrogen and oxygen atoms in total. The standard InChI is InChI=1S/C6H7NO2S2/c7-11(8,9)5-3-6-2-1-4-10-6/h1-5H,(H2,7,8,9)/b5-3+. The third kappa shape index (κ3) is 3.31. The van der Waals surface area contributed by atoms with Crippen molar-refractivity contribution in [3.8, 4) is 0 Å². The highest BCUT2D eigenvalue weighted by molar-refractivity contribution is 7.92. The summed E-state index contributed by atoms with van der Waals surface area (Å²) < 4.78 is 20.8. The quantitative estimate of drug-likeness (QED) is 0.754. The normalized spacial score (nSPS) is 12.5. The van der Waals surface area contributed by atoms with Crippen molar-refractivity contribution >= 4 is 27.4 Å². The first kappa shape index (κ1) is 8.45. The highest BCUT2D eigenvalue weighted by Crippen LogP contribution is 2.10. The summed E-state index contributed by atoms with van der Waals surface area (Å²) >= 11 is 1.46. The zero-order valence-electron chi connectivity index (χ0n) is 5.60. The second-order valence-electron chi connectivity index (χ2n) is 1.91. The van der Waals surface area contributed by atoms with Gasteiger partial charge in [0.25, 0.3) is 0 Å². The Bertz CT molecular complexity index is 337. The first-order valence-corrected chi connectivity index (χ1v) is 5.31. The van der Waals surface area contributed by atoms with Crippen LogP contribution >= 0.6 is 11.3 Å². The van der Waals surface area contributed by atoms with Crippen molar-refractivity contribution in [3.05, 3.63) is 27.8 Å². The molecule has 11 heavy (non-hydrogen) atoms. The molecule has 0 amide bonds. The molecule has 1 aromatic rings. The van der Waals surface area contributed by atoms with Crippen molar-refractivity contribution in [2.24, 2.45) is 5.14 Å². The highest BCUT2D eigenvalue weighted by atomic mass is 32.2. The van der Waals surface area contributed by atoms with Gasteiger partial charge in [0.2, 0.25) is 10.0 Å². The van der Waals surface area contributed by atoms with Gasteiger partial charge in [-0.1, -0.05) is 6.07 Å². The van der Waals surface area contributed by atoms with Gasteiger partial charge in [0.05, 0.1) is 0 Å². The maximum Gasteiger partial charge on any atom is 0.231 e. The third-order valence-electron chi connectivity index (χ3n) is 0.965. The van der Waals surface area contributed by atoms with Gasteiger partial charge in [0.1, 0.15) is 0 Å². The van der Waals surface area contributed by atoms with Gasteiger partial charge >= 0.3 is 0 Å². The van der Waals surface area contributed by atoms with E-state index in [0.717, 1.165) is 10.3 Å². The summed E-state index contributed by atoms with van der Waals surface area (Å²) in [5.41, 5.74) is 0. The highest BCUT2D eigenvalue weighted by Gasteiger charge is 1.93. The minimum absolute atomic E-state index is 0.874. The van der Waals surface area contributed by atoms with Crippen LogP contribution in [0, 0.1) is 0 Å². The summed E-state index contributed by atoms with van der Waals surface area (Å²) in [6.45, 7) is 0. The lowest BCUT2D eigenvalue weighted by molar-refractivity contribution is 0.606. The van der Waals surface area contributed by atoms with E-state index in [1.165, 1.54) is 17.4 Å². The molecular weight excluding hydrogens is 182 g/mol. The zero-order valence-corrected chi connectivity index (χ0v) is 7.23. The summed E-state index contributed by atoms with van der Waals surface area (Å²) in [6, 6.07) is 3.65. The molecule has 0 saturated carbocycles. The largest absolute Gasteiger partial charge is 0.231 e. The summed E-state index contributed by atoms with van der Waals surface area (Å²) in [6.07, 6.45) is 1.47. The number of hydrogen-bond donors (Lipinski definition) is 1. The Morgan fingerprint density at radius 2 is 2.27 bits per heavy atom. The fraction of sp³-hybridized carbons (Fsp3) is 0. The van der Waals surface area contributed by atoms with E-state index in [1.807, 2.05) is 17.5 Å². The van der Waals surface area contributed by atoms with Crippen LogP contribution in [-0.2, 0) is 10.0 Å². The summed E-state index contributed by atoms with van der Waals surface area (Å²) in [4.78, 5) is 0.874. The molecule has 1 aromatic heterocycles. The number of rotatable bonds is 2. The van der Waals surface area contributed by atoms with Crippen LogP contribution in [0.1, 0.15) is 4.88 Å². The Labute approximate surface area is 69.2 Å². The Morgan fingerprint density at radius 1 is 1.55 bits per heavy atom. The fourth-order valence-electron chi connectivity index (χ4n) is 0.548. The SMILES string of the molecule is NS(=O)(=O)/C=C/c1cccs1. The summed E-state index contributed by atoms with van der Waals surface area (Å²) in [7, 11) is -3.47. The van der Waals surface area contributed by atoms with Crippen LogP contribution in [0.3, 0.4) is 0 Å². The molecule has 0 aliphatic heterocycles. The zero-order chi connectivity index (χ0) is 8.32. The predicted octanol–water partition coefficient (Wildman–Crippen LogP) is 1.01. The van der Waals surface area contributed by atoms with Crippen LogP contribution in [-0.4, -0.2) is 8.42 Å². The molecule has 0 fully saturated rings. The average molecular weight is 189 g/mol. The van der Waals surface area contributed by atoms with E-state index in [2.05, 4.69) is 0 Å². The summed E-state index contributed by atoms with van der Waals surface area (Å²) in [5, 5.41) is 7.59. The van der Waals surface area contributed by atoms with Gasteiger partial charge in [0, 0.05) is 10.3 Å². The van der Waals surface area contributed by atoms with Crippen molar-refractivity contribution in [3.63, 3.8) is 0 Å². The lowest BCUT2D eigenvalue weighted by Crippen LogP contribution is -2.06. The molecule has 0 bridgehead atoms. The maximum atomic E-state index is 10.4. The molecular formula is C6H7NO2S2. The van der Waals surface area contributed by atoms with Crippen LogP contribution < -0.4 is 5.14 Å². The van der Waals surface area contributed by atoms with E-state index in [-0.39, 0.29) is 0 Å². The maximum absolute atomic E-state index is 10.4. The van der Waals surface area contributed by atoms with E-state index < -0.39 is 10.0 Å². The van der Waals surface area contributed by atoms with Crippen molar-refractivity contribution in [2.75, 3.05) is 0 Å². The molecule has 1 heterocycles. The van der Waals surface area contributed by atoms with Gasteiger partial charge < -0.3 is 0 Å². The molecule has 0 atom stereocenters. The molecule has 2 N–H and O–H groups in total. The van der Waals surface area contributed by atoms with Gasteiger partial charge in [-0.3, -0.25) is 0 Å². The van der Waals surface area contributed by atoms with E-state index in [9.17, 15) is 8.42 Å². The monoisotopic (exact) mass is 189 g/mol. The first-order chi connectivity index (χ1) is 5.08. The summed E-state index contributed by atoms with van der Waals surface area (Å²) in [5.74, 6) is 0. The Balaban J connectivity index is 2.79. The van der Waals surface area contributed by atoms with Gasteiger partial charge in [-0.15, -0.1) is 11.3 Å². The molecule has 60 valence electrons. The van der Waals surface area contributed by atoms with Crippen molar-refractivity contribution in [1.29, 1.82) is 0 Å². The predicted molar refractivity (Wildman–Crippen MR) is 46.5 cm³/mol. The Kier molecular flexibility index (Phi) is 2.43. The molecule has 0 unspecified atom stereocenters.